The molecule has 1 atom stereocenters. The van der Waals surface area contributed by atoms with E-state index in [9.17, 15) is 14.7 Å². The van der Waals surface area contributed by atoms with Crippen molar-refractivity contribution in [3.63, 3.8) is 0 Å². The second-order valence-corrected chi connectivity index (χ2v) is 7.20. The highest BCUT2D eigenvalue weighted by atomic mass is 16.5. The Bertz CT molecular complexity index is 953. The molecule has 1 aliphatic heterocycles. The maximum atomic E-state index is 12.9. The number of benzene rings is 2. The van der Waals surface area contributed by atoms with Gasteiger partial charge in [-0.15, -0.1) is 0 Å². The molecular weight excluding hydrogens is 384 g/mol. The number of rotatable bonds is 8. The standard InChI is InChI=1S/C23H26N2O5/c1-15-7-9-16(10-8-15)19-14-20(18-12-11-17(29-2)13-21(18)30-3)25(24-19)22(26)5-4-6-23(27)28/h7-13,20H,4-6,14H2,1-3H3,(H,27,28)/p-1/t20-/m1/s1. The van der Waals surface area contributed by atoms with Gasteiger partial charge in [-0.05, 0) is 37.5 Å². The van der Waals surface area contributed by atoms with Crippen molar-refractivity contribution in [2.75, 3.05) is 14.2 Å². The Morgan fingerprint density at radius 3 is 2.47 bits per heavy atom. The number of aliphatic carboxylic acids is 1. The minimum atomic E-state index is -1.17. The number of methoxy groups -OCH3 is 2. The van der Waals surface area contributed by atoms with E-state index >= 15 is 0 Å². The highest BCUT2D eigenvalue weighted by Gasteiger charge is 2.34. The number of carbonyl (C=O) groups excluding carboxylic acids is 2. The Labute approximate surface area is 175 Å². The van der Waals surface area contributed by atoms with Crippen LogP contribution in [0.25, 0.3) is 0 Å². The molecule has 1 aliphatic rings. The number of aryl methyl sites for hydroxylation is 1. The number of amides is 1. The summed E-state index contributed by atoms with van der Waals surface area (Å²) in [5, 5.41) is 16.8. The predicted octanol–water partition coefficient (Wildman–Crippen LogP) is 2.61. The molecule has 3 rings (SSSR count). The molecule has 1 amide bonds. The fraction of sp³-hybridized carbons (Fsp3) is 0.348. The van der Waals surface area contributed by atoms with Gasteiger partial charge in [0.1, 0.15) is 11.5 Å². The maximum Gasteiger partial charge on any atom is 0.243 e. The topological polar surface area (TPSA) is 91.3 Å². The third-order valence-electron chi connectivity index (χ3n) is 5.12. The van der Waals surface area contributed by atoms with Crippen molar-refractivity contribution in [1.29, 1.82) is 0 Å². The molecule has 2 aromatic rings. The zero-order valence-corrected chi connectivity index (χ0v) is 17.4. The van der Waals surface area contributed by atoms with E-state index in [2.05, 4.69) is 5.10 Å². The molecule has 158 valence electrons. The van der Waals surface area contributed by atoms with Gasteiger partial charge < -0.3 is 19.4 Å². The maximum absolute atomic E-state index is 12.9. The van der Waals surface area contributed by atoms with Crippen LogP contribution in [0.4, 0.5) is 0 Å². The first-order chi connectivity index (χ1) is 14.4. The van der Waals surface area contributed by atoms with Crippen molar-refractivity contribution < 1.29 is 24.2 Å². The number of hydrogen-bond acceptors (Lipinski definition) is 6. The van der Waals surface area contributed by atoms with Crippen molar-refractivity contribution >= 4 is 17.6 Å². The first kappa shape index (κ1) is 21.4. The van der Waals surface area contributed by atoms with Gasteiger partial charge in [0.15, 0.2) is 0 Å². The molecule has 7 heteroatoms. The van der Waals surface area contributed by atoms with Gasteiger partial charge >= 0.3 is 0 Å². The van der Waals surface area contributed by atoms with E-state index in [0.717, 1.165) is 22.4 Å². The normalized spacial score (nSPS) is 15.6. The molecule has 1 heterocycles. The van der Waals surface area contributed by atoms with Gasteiger partial charge in [0.25, 0.3) is 0 Å². The number of carboxylic acid groups (broad SMARTS) is 1. The summed E-state index contributed by atoms with van der Waals surface area (Å²) >= 11 is 0. The summed E-state index contributed by atoms with van der Waals surface area (Å²) in [6, 6.07) is 13.1. The van der Waals surface area contributed by atoms with Crippen LogP contribution in [0.15, 0.2) is 47.6 Å². The van der Waals surface area contributed by atoms with Crippen LogP contribution in [0.2, 0.25) is 0 Å². The lowest BCUT2D eigenvalue weighted by atomic mass is 9.97. The van der Waals surface area contributed by atoms with Gasteiger partial charge in [0.05, 0.1) is 26.0 Å². The second-order valence-electron chi connectivity index (χ2n) is 7.20. The average Bonchev–Trinajstić information content (AvgIpc) is 3.18. The predicted molar refractivity (Wildman–Crippen MR) is 110 cm³/mol. The molecule has 0 aliphatic carbocycles. The monoisotopic (exact) mass is 409 g/mol. The Balaban J connectivity index is 1.93. The van der Waals surface area contributed by atoms with Crippen molar-refractivity contribution in [3.8, 4) is 11.5 Å². The Hall–Kier alpha value is -3.35. The molecule has 30 heavy (non-hydrogen) atoms. The van der Waals surface area contributed by atoms with Crippen LogP contribution in [0.5, 0.6) is 11.5 Å². The Morgan fingerprint density at radius 1 is 1.10 bits per heavy atom. The van der Waals surface area contributed by atoms with Crippen LogP contribution in [-0.2, 0) is 9.59 Å². The summed E-state index contributed by atoms with van der Waals surface area (Å²) in [4.78, 5) is 23.6. The van der Waals surface area contributed by atoms with Gasteiger partial charge in [-0.2, -0.15) is 5.10 Å². The number of carbonyl (C=O) groups is 2. The fourth-order valence-electron chi connectivity index (χ4n) is 3.50. The second kappa shape index (κ2) is 9.43. The van der Waals surface area contributed by atoms with E-state index in [-0.39, 0.29) is 31.2 Å². The average molecular weight is 409 g/mol. The van der Waals surface area contributed by atoms with Crippen LogP contribution in [-0.4, -0.2) is 36.8 Å². The van der Waals surface area contributed by atoms with Crippen LogP contribution < -0.4 is 14.6 Å². The highest BCUT2D eigenvalue weighted by molar-refractivity contribution is 6.03. The fourth-order valence-corrected chi connectivity index (χ4v) is 3.50. The summed E-state index contributed by atoms with van der Waals surface area (Å²) in [6.07, 6.45) is 0.649. The molecule has 7 nitrogen and oxygen atoms in total. The Kier molecular flexibility index (Phi) is 6.72. The lowest BCUT2D eigenvalue weighted by Crippen LogP contribution is -2.28. The van der Waals surface area contributed by atoms with Crippen LogP contribution in [0.1, 0.15) is 48.4 Å². The van der Waals surface area contributed by atoms with E-state index < -0.39 is 5.97 Å². The largest absolute Gasteiger partial charge is 0.550 e. The van der Waals surface area contributed by atoms with Crippen LogP contribution in [0, 0.1) is 6.92 Å². The minimum Gasteiger partial charge on any atom is -0.550 e. The first-order valence-corrected chi connectivity index (χ1v) is 9.81. The summed E-state index contributed by atoms with van der Waals surface area (Å²) in [5.41, 5.74) is 3.70. The van der Waals surface area contributed by atoms with Crippen molar-refractivity contribution in [2.45, 2.75) is 38.6 Å². The molecule has 0 saturated heterocycles. The molecular formula is C23H25N2O5-. The minimum absolute atomic E-state index is 0.0770. The SMILES string of the molecule is COc1ccc([C@H]2CC(c3ccc(C)cc3)=NN2C(=O)CCCC(=O)[O-])c(OC)c1. The molecule has 0 fully saturated rings. The van der Waals surface area contributed by atoms with Crippen molar-refractivity contribution in [1.82, 2.24) is 5.01 Å². The summed E-state index contributed by atoms with van der Waals surface area (Å²) in [5.74, 6) is -0.143. The van der Waals surface area contributed by atoms with Gasteiger partial charge in [-0.3, -0.25) is 4.79 Å². The van der Waals surface area contributed by atoms with E-state index in [1.54, 1.807) is 20.3 Å². The van der Waals surface area contributed by atoms with E-state index in [1.807, 2.05) is 43.3 Å². The molecule has 0 N–H and O–H groups in total. The van der Waals surface area contributed by atoms with Gasteiger partial charge in [0.2, 0.25) is 5.91 Å². The summed E-state index contributed by atoms with van der Waals surface area (Å²) in [7, 11) is 3.15. The molecule has 0 bridgehead atoms. The number of ether oxygens (including phenoxy) is 2. The number of hydrogen-bond donors (Lipinski definition) is 0. The van der Waals surface area contributed by atoms with Crippen LogP contribution in [0.3, 0.4) is 0 Å². The highest BCUT2D eigenvalue weighted by Crippen LogP contribution is 2.39. The first-order valence-electron chi connectivity index (χ1n) is 9.81. The van der Waals surface area contributed by atoms with Gasteiger partial charge in [0, 0.05) is 30.4 Å². The molecule has 0 spiro atoms. The Morgan fingerprint density at radius 2 is 1.83 bits per heavy atom. The number of carboxylic acids is 1. The summed E-state index contributed by atoms with van der Waals surface area (Å²) < 4.78 is 10.8. The zero-order chi connectivity index (χ0) is 21.7. The molecule has 2 aromatic carbocycles. The molecule has 0 radical (unpaired) electrons. The third-order valence-corrected chi connectivity index (χ3v) is 5.12. The van der Waals surface area contributed by atoms with Crippen LogP contribution >= 0.6 is 0 Å². The number of nitrogens with zero attached hydrogens (tertiary/aromatic N) is 2. The lowest BCUT2D eigenvalue weighted by molar-refractivity contribution is -0.305. The van der Waals surface area contributed by atoms with Gasteiger partial charge in [-0.1, -0.05) is 29.8 Å². The lowest BCUT2D eigenvalue weighted by Gasteiger charge is -2.24. The summed E-state index contributed by atoms with van der Waals surface area (Å²) in [6.45, 7) is 2.01. The molecule has 0 unspecified atom stereocenters. The zero-order valence-electron chi connectivity index (χ0n) is 17.4. The number of hydrazone groups is 1. The van der Waals surface area contributed by atoms with E-state index in [0.29, 0.717) is 17.9 Å². The van der Waals surface area contributed by atoms with E-state index in [1.165, 1.54) is 5.01 Å². The molecule has 0 aromatic heterocycles. The quantitative estimate of drug-likeness (QED) is 0.668. The van der Waals surface area contributed by atoms with E-state index in [4.69, 9.17) is 9.47 Å². The third kappa shape index (κ3) is 4.79. The van der Waals surface area contributed by atoms with Crippen molar-refractivity contribution in [2.24, 2.45) is 5.10 Å². The molecule has 0 saturated carbocycles. The van der Waals surface area contributed by atoms with Crippen molar-refractivity contribution in [3.05, 3.63) is 59.2 Å². The van der Waals surface area contributed by atoms with Gasteiger partial charge in [-0.25, -0.2) is 5.01 Å². The smallest absolute Gasteiger partial charge is 0.243 e.